The number of furan rings is 1. The Bertz CT molecular complexity index is 450. The SMILES string of the molecule is O=C(O)[C@@H]1CCCN(C(=O)/C=C/c2ccco2)C1. The molecule has 1 saturated heterocycles. The van der Waals surface area contributed by atoms with Gasteiger partial charge < -0.3 is 14.4 Å². The topological polar surface area (TPSA) is 70.8 Å². The third kappa shape index (κ3) is 3.00. The molecule has 2 heterocycles. The molecule has 1 fully saturated rings. The molecule has 96 valence electrons. The number of hydrogen-bond donors (Lipinski definition) is 1. The second-order valence-electron chi connectivity index (χ2n) is 4.31. The van der Waals surface area contributed by atoms with Crippen LogP contribution in [0.4, 0.5) is 0 Å². The maximum Gasteiger partial charge on any atom is 0.308 e. The smallest absolute Gasteiger partial charge is 0.308 e. The highest BCUT2D eigenvalue weighted by molar-refractivity contribution is 5.91. The van der Waals surface area contributed by atoms with Crippen LogP contribution in [0, 0.1) is 5.92 Å². The van der Waals surface area contributed by atoms with Crippen molar-refractivity contribution in [2.45, 2.75) is 12.8 Å². The summed E-state index contributed by atoms with van der Waals surface area (Å²) in [5, 5.41) is 8.95. The van der Waals surface area contributed by atoms with Crippen LogP contribution >= 0.6 is 0 Å². The van der Waals surface area contributed by atoms with Gasteiger partial charge in [-0.1, -0.05) is 0 Å². The monoisotopic (exact) mass is 249 g/mol. The number of carboxylic acid groups (broad SMARTS) is 1. The standard InChI is InChI=1S/C13H15NO4/c15-12(6-5-11-4-2-8-18-11)14-7-1-3-10(9-14)13(16)17/h2,4-6,8,10H,1,3,7,9H2,(H,16,17)/b6-5+/t10-/m1/s1. The van der Waals surface area contributed by atoms with Crippen LogP contribution < -0.4 is 0 Å². The molecule has 0 radical (unpaired) electrons. The van der Waals surface area contributed by atoms with Crippen molar-refractivity contribution in [2.75, 3.05) is 13.1 Å². The van der Waals surface area contributed by atoms with E-state index in [1.807, 2.05) is 0 Å². The van der Waals surface area contributed by atoms with Crippen molar-refractivity contribution >= 4 is 18.0 Å². The summed E-state index contributed by atoms with van der Waals surface area (Å²) in [5.41, 5.74) is 0. The van der Waals surface area contributed by atoms with Crippen LogP contribution in [0.25, 0.3) is 6.08 Å². The van der Waals surface area contributed by atoms with Crippen LogP contribution in [0.15, 0.2) is 28.9 Å². The fourth-order valence-corrected chi connectivity index (χ4v) is 2.02. The molecule has 0 saturated carbocycles. The van der Waals surface area contributed by atoms with Crippen LogP contribution in [-0.2, 0) is 9.59 Å². The second kappa shape index (κ2) is 5.53. The molecule has 0 bridgehead atoms. The van der Waals surface area contributed by atoms with Gasteiger partial charge in [-0.3, -0.25) is 9.59 Å². The Labute approximate surface area is 105 Å². The van der Waals surface area contributed by atoms with Gasteiger partial charge in [0.15, 0.2) is 0 Å². The Hall–Kier alpha value is -2.04. The summed E-state index contributed by atoms with van der Waals surface area (Å²) >= 11 is 0. The molecular formula is C13H15NO4. The maximum absolute atomic E-state index is 11.9. The molecule has 0 aromatic carbocycles. The molecule has 0 aliphatic carbocycles. The lowest BCUT2D eigenvalue weighted by molar-refractivity contribution is -0.144. The Balaban J connectivity index is 1.94. The number of aliphatic carboxylic acids is 1. The van der Waals surface area contributed by atoms with Gasteiger partial charge in [0.05, 0.1) is 12.2 Å². The van der Waals surface area contributed by atoms with Gasteiger partial charge in [0.25, 0.3) is 0 Å². The number of hydrogen-bond acceptors (Lipinski definition) is 3. The van der Waals surface area contributed by atoms with E-state index in [-0.39, 0.29) is 12.5 Å². The van der Waals surface area contributed by atoms with Gasteiger partial charge in [0, 0.05) is 19.2 Å². The molecule has 1 aliphatic rings. The van der Waals surface area contributed by atoms with Crippen LogP contribution in [-0.4, -0.2) is 35.0 Å². The second-order valence-corrected chi connectivity index (χ2v) is 4.31. The molecule has 1 atom stereocenters. The molecule has 1 N–H and O–H groups in total. The molecule has 0 unspecified atom stereocenters. The predicted octanol–water partition coefficient (Wildman–Crippen LogP) is 1.62. The highest BCUT2D eigenvalue weighted by Crippen LogP contribution is 2.17. The first-order chi connectivity index (χ1) is 8.66. The summed E-state index contributed by atoms with van der Waals surface area (Å²) in [6, 6.07) is 3.49. The van der Waals surface area contributed by atoms with E-state index < -0.39 is 11.9 Å². The minimum atomic E-state index is -0.831. The van der Waals surface area contributed by atoms with E-state index in [1.165, 1.54) is 12.3 Å². The van der Waals surface area contributed by atoms with Gasteiger partial charge in [-0.25, -0.2) is 0 Å². The number of likely N-dealkylation sites (tertiary alicyclic amines) is 1. The average Bonchev–Trinajstić information content (AvgIpc) is 2.89. The summed E-state index contributed by atoms with van der Waals surface area (Å²) in [6.07, 6.45) is 5.92. The number of carbonyl (C=O) groups is 2. The van der Waals surface area contributed by atoms with Crippen molar-refractivity contribution in [3.8, 4) is 0 Å². The lowest BCUT2D eigenvalue weighted by Crippen LogP contribution is -2.41. The molecule has 1 amide bonds. The van der Waals surface area contributed by atoms with Crippen molar-refractivity contribution in [3.63, 3.8) is 0 Å². The number of rotatable bonds is 3. The normalized spacial score (nSPS) is 20.2. The minimum absolute atomic E-state index is 0.169. The number of carbonyl (C=O) groups excluding carboxylic acids is 1. The maximum atomic E-state index is 11.9. The van der Waals surface area contributed by atoms with Gasteiger partial charge in [-0.2, -0.15) is 0 Å². The first-order valence-electron chi connectivity index (χ1n) is 5.90. The Morgan fingerprint density at radius 1 is 1.50 bits per heavy atom. The minimum Gasteiger partial charge on any atom is -0.481 e. The third-order valence-electron chi connectivity index (χ3n) is 3.02. The van der Waals surface area contributed by atoms with E-state index in [4.69, 9.17) is 9.52 Å². The van der Waals surface area contributed by atoms with Crippen molar-refractivity contribution in [3.05, 3.63) is 30.2 Å². The highest BCUT2D eigenvalue weighted by atomic mass is 16.4. The summed E-state index contributed by atoms with van der Waals surface area (Å²) in [4.78, 5) is 24.3. The van der Waals surface area contributed by atoms with Gasteiger partial charge >= 0.3 is 5.97 Å². The first-order valence-corrected chi connectivity index (χ1v) is 5.90. The van der Waals surface area contributed by atoms with Gasteiger partial charge in [0.1, 0.15) is 5.76 Å². The van der Waals surface area contributed by atoms with E-state index in [0.717, 1.165) is 6.42 Å². The van der Waals surface area contributed by atoms with Crippen LogP contribution in [0.2, 0.25) is 0 Å². The number of amides is 1. The number of carboxylic acids is 1. The van der Waals surface area contributed by atoms with Gasteiger partial charge in [-0.05, 0) is 31.1 Å². The van der Waals surface area contributed by atoms with Crippen molar-refractivity contribution < 1.29 is 19.1 Å². The zero-order valence-electron chi connectivity index (χ0n) is 9.91. The lowest BCUT2D eigenvalue weighted by Gasteiger charge is -2.29. The fraction of sp³-hybridized carbons (Fsp3) is 0.385. The van der Waals surface area contributed by atoms with Gasteiger partial charge in [-0.15, -0.1) is 0 Å². The van der Waals surface area contributed by atoms with Crippen LogP contribution in [0.1, 0.15) is 18.6 Å². The van der Waals surface area contributed by atoms with E-state index in [9.17, 15) is 9.59 Å². The number of nitrogens with zero attached hydrogens (tertiary/aromatic N) is 1. The van der Waals surface area contributed by atoms with Crippen molar-refractivity contribution in [1.29, 1.82) is 0 Å². The average molecular weight is 249 g/mol. The Morgan fingerprint density at radius 2 is 2.33 bits per heavy atom. The molecule has 2 rings (SSSR count). The van der Waals surface area contributed by atoms with E-state index >= 15 is 0 Å². The molecule has 1 aliphatic heterocycles. The van der Waals surface area contributed by atoms with Gasteiger partial charge in [0.2, 0.25) is 5.91 Å². The summed E-state index contributed by atoms with van der Waals surface area (Å²) < 4.78 is 5.08. The first kappa shape index (κ1) is 12.4. The molecule has 5 nitrogen and oxygen atoms in total. The highest BCUT2D eigenvalue weighted by Gasteiger charge is 2.27. The molecular weight excluding hydrogens is 234 g/mol. The summed E-state index contributed by atoms with van der Waals surface area (Å²) in [6.45, 7) is 0.905. The Kier molecular flexibility index (Phi) is 3.82. The zero-order valence-corrected chi connectivity index (χ0v) is 9.91. The van der Waals surface area contributed by atoms with Crippen molar-refractivity contribution in [2.24, 2.45) is 5.92 Å². The van der Waals surface area contributed by atoms with E-state index in [2.05, 4.69) is 0 Å². The van der Waals surface area contributed by atoms with Crippen LogP contribution in [0.3, 0.4) is 0 Å². The lowest BCUT2D eigenvalue weighted by atomic mass is 9.98. The van der Waals surface area contributed by atoms with E-state index in [0.29, 0.717) is 18.7 Å². The summed E-state index contributed by atoms with van der Waals surface area (Å²) in [7, 11) is 0. The predicted molar refractivity (Wildman–Crippen MR) is 64.7 cm³/mol. The molecule has 0 spiro atoms. The quantitative estimate of drug-likeness (QED) is 0.826. The summed E-state index contributed by atoms with van der Waals surface area (Å²) in [5.74, 6) is -0.838. The van der Waals surface area contributed by atoms with Crippen LogP contribution in [0.5, 0.6) is 0 Å². The molecule has 1 aromatic heterocycles. The molecule has 5 heteroatoms. The zero-order chi connectivity index (χ0) is 13.0. The van der Waals surface area contributed by atoms with E-state index in [1.54, 1.807) is 23.1 Å². The molecule has 18 heavy (non-hydrogen) atoms. The van der Waals surface area contributed by atoms with Crippen molar-refractivity contribution in [1.82, 2.24) is 4.90 Å². The molecule has 1 aromatic rings. The Morgan fingerprint density at radius 3 is 3.00 bits per heavy atom. The number of piperidine rings is 1. The fourth-order valence-electron chi connectivity index (χ4n) is 2.02. The largest absolute Gasteiger partial charge is 0.481 e. The third-order valence-corrected chi connectivity index (χ3v) is 3.02.